The Hall–Kier alpha value is -4.38. The van der Waals surface area contributed by atoms with Gasteiger partial charge in [0.2, 0.25) is 0 Å². The van der Waals surface area contributed by atoms with Gasteiger partial charge in [-0.3, -0.25) is 4.57 Å². The lowest BCUT2D eigenvalue weighted by Crippen LogP contribution is -2.29. The van der Waals surface area contributed by atoms with E-state index < -0.39 is 0 Å². The van der Waals surface area contributed by atoms with Crippen LogP contribution in [-0.4, -0.2) is 25.5 Å². The van der Waals surface area contributed by atoms with Gasteiger partial charge in [-0.2, -0.15) is 5.10 Å². The summed E-state index contributed by atoms with van der Waals surface area (Å²) in [6, 6.07) is 18.7. The van der Waals surface area contributed by atoms with Crippen LogP contribution in [0.2, 0.25) is 0 Å². The smallest absolute Gasteiger partial charge is 0.182 e. The molecule has 0 atom stereocenters. The average molecular weight is 472 g/mol. The second-order valence-electron chi connectivity index (χ2n) is 8.83. The predicted molar refractivity (Wildman–Crippen MR) is 149 cm³/mol. The summed E-state index contributed by atoms with van der Waals surface area (Å²) < 4.78 is 2.15. The Kier molecular flexibility index (Phi) is 6.80. The van der Waals surface area contributed by atoms with Crippen molar-refractivity contribution in [1.82, 2.24) is 19.7 Å². The summed E-state index contributed by atoms with van der Waals surface area (Å²) in [5.74, 6) is 0.586. The molecule has 0 radical (unpaired) electrons. The molecule has 0 saturated carbocycles. The van der Waals surface area contributed by atoms with Crippen molar-refractivity contribution in [1.29, 1.82) is 0 Å². The van der Waals surface area contributed by atoms with Crippen molar-refractivity contribution < 1.29 is 0 Å². The van der Waals surface area contributed by atoms with Gasteiger partial charge in [0.1, 0.15) is 6.33 Å². The number of rotatable bonds is 6. The third-order valence-corrected chi connectivity index (χ3v) is 6.36. The molecule has 0 unspecified atom stereocenters. The molecule has 0 saturated heterocycles. The van der Waals surface area contributed by atoms with Crippen molar-refractivity contribution in [2.24, 2.45) is 4.99 Å². The van der Waals surface area contributed by atoms with E-state index in [2.05, 4.69) is 82.9 Å². The monoisotopic (exact) mass is 471 g/mol. The quantitative estimate of drug-likeness (QED) is 0.380. The highest BCUT2D eigenvalue weighted by atomic mass is 15.2. The highest BCUT2D eigenvalue weighted by Gasteiger charge is 2.14. The third-order valence-electron chi connectivity index (χ3n) is 6.36. The standard InChI is InChI=1S/C31H29N5/c1-4-12-26-25(5-2)31(35-34-27(26)19-23-14-7-6-8-15-23)33-24-16-11-18-30-28(20-24)32-21-36(30)29-17-10-9-13-22(29)3/h4-10,12-15,17-18,20-21H,2,11,16,19H2,1,3H3. The number of aliphatic imine (C=N–C) groups is 1. The van der Waals surface area contributed by atoms with E-state index in [4.69, 9.17) is 9.98 Å². The Bertz CT molecular complexity index is 1590. The highest BCUT2D eigenvalue weighted by Crippen LogP contribution is 2.27. The van der Waals surface area contributed by atoms with Crippen LogP contribution in [-0.2, 0) is 6.42 Å². The van der Waals surface area contributed by atoms with Crippen molar-refractivity contribution in [3.05, 3.63) is 112 Å². The molecular formula is C31H29N5. The van der Waals surface area contributed by atoms with Gasteiger partial charge in [-0.1, -0.05) is 79.4 Å². The summed E-state index contributed by atoms with van der Waals surface area (Å²) >= 11 is 0. The van der Waals surface area contributed by atoms with Crippen molar-refractivity contribution in [3.63, 3.8) is 0 Å². The number of fused-ring (bicyclic) bond motifs is 1. The van der Waals surface area contributed by atoms with Crippen molar-refractivity contribution in [3.8, 4) is 5.69 Å². The van der Waals surface area contributed by atoms with Crippen molar-refractivity contribution >= 4 is 35.8 Å². The van der Waals surface area contributed by atoms with Crippen molar-refractivity contribution in [2.75, 3.05) is 0 Å². The number of hydrogen-bond donors (Lipinski definition) is 0. The fourth-order valence-corrected chi connectivity index (χ4v) is 4.57. The van der Waals surface area contributed by atoms with E-state index in [0.29, 0.717) is 12.2 Å². The van der Waals surface area contributed by atoms with Gasteiger partial charge >= 0.3 is 0 Å². The molecule has 2 heterocycles. The topological polar surface area (TPSA) is 56.0 Å². The average Bonchev–Trinajstić information content (AvgIpc) is 3.17. The molecule has 1 aliphatic rings. The van der Waals surface area contributed by atoms with Gasteiger partial charge in [0, 0.05) is 28.9 Å². The van der Waals surface area contributed by atoms with Crippen LogP contribution in [0.4, 0.5) is 5.82 Å². The molecule has 36 heavy (non-hydrogen) atoms. The summed E-state index contributed by atoms with van der Waals surface area (Å²) in [5, 5.41) is 11.1. The van der Waals surface area contributed by atoms with Gasteiger partial charge in [-0.25, -0.2) is 9.98 Å². The summed E-state index contributed by atoms with van der Waals surface area (Å²) in [4.78, 5) is 9.66. The maximum absolute atomic E-state index is 4.95. The molecule has 2 aromatic heterocycles. The number of aromatic nitrogens is 4. The minimum Gasteiger partial charge on any atom is -0.299 e. The van der Waals surface area contributed by atoms with E-state index in [1.54, 1.807) is 0 Å². The highest BCUT2D eigenvalue weighted by molar-refractivity contribution is 6.11. The van der Waals surface area contributed by atoms with E-state index in [-0.39, 0.29) is 0 Å². The van der Waals surface area contributed by atoms with E-state index in [0.717, 1.165) is 51.8 Å². The molecule has 5 heteroatoms. The van der Waals surface area contributed by atoms with Gasteiger partial charge in [-0.15, -0.1) is 5.10 Å². The summed E-state index contributed by atoms with van der Waals surface area (Å²) in [6.07, 6.45) is 14.5. The number of hydrogen-bond acceptors (Lipinski definition) is 4. The normalized spacial score (nSPS) is 14.2. The van der Waals surface area contributed by atoms with Gasteiger partial charge in [0.15, 0.2) is 5.82 Å². The first-order chi connectivity index (χ1) is 17.7. The number of aryl methyl sites for hydroxylation is 1. The van der Waals surface area contributed by atoms with Gasteiger partial charge in [-0.05, 0) is 50.0 Å². The number of imidazole rings is 1. The lowest BCUT2D eigenvalue weighted by molar-refractivity contribution is 0.926. The lowest BCUT2D eigenvalue weighted by atomic mass is 10.0. The first-order valence-corrected chi connectivity index (χ1v) is 12.3. The zero-order valence-electron chi connectivity index (χ0n) is 20.7. The number of para-hydroxylation sites is 1. The molecule has 0 aliphatic heterocycles. The Morgan fingerprint density at radius 2 is 1.83 bits per heavy atom. The minimum atomic E-state index is 0.586. The van der Waals surface area contributed by atoms with E-state index >= 15 is 0 Å². The van der Waals surface area contributed by atoms with Gasteiger partial charge in [0.05, 0.1) is 16.4 Å². The molecule has 0 bridgehead atoms. The number of benzene rings is 2. The number of allylic oxidation sites excluding steroid dienone is 1. The molecule has 5 rings (SSSR count). The lowest BCUT2D eigenvalue weighted by Gasteiger charge is -2.11. The second kappa shape index (κ2) is 10.5. The molecule has 4 aromatic rings. The molecule has 0 spiro atoms. The Morgan fingerprint density at radius 3 is 2.61 bits per heavy atom. The zero-order chi connectivity index (χ0) is 24.9. The van der Waals surface area contributed by atoms with Crippen LogP contribution in [0, 0.1) is 6.92 Å². The molecule has 178 valence electrons. The van der Waals surface area contributed by atoms with Crippen LogP contribution >= 0.6 is 0 Å². The van der Waals surface area contributed by atoms with E-state index in [1.165, 1.54) is 11.1 Å². The van der Waals surface area contributed by atoms with Gasteiger partial charge < -0.3 is 0 Å². The Labute approximate surface area is 211 Å². The van der Waals surface area contributed by atoms with Crippen LogP contribution in [0.25, 0.3) is 30.0 Å². The Balaban J connectivity index is 1.57. The van der Waals surface area contributed by atoms with E-state index in [1.807, 2.05) is 43.6 Å². The molecule has 5 nitrogen and oxygen atoms in total. The molecule has 0 amide bonds. The maximum Gasteiger partial charge on any atom is 0.182 e. The SMILES string of the molecule is C=Cc1c(N=C2C=c3ncn(-c4ccccc4C)c3=CCC2)nnc(Cc2ccccc2)c1C=CC. The van der Waals surface area contributed by atoms with Crippen molar-refractivity contribution in [2.45, 2.75) is 33.1 Å². The fourth-order valence-electron chi connectivity index (χ4n) is 4.57. The zero-order valence-corrected chi connectivity index (χ0v) is 20.7. The molecule has 2 aromatic carbocycles. The third kappa shape index (κ3) is 4.73. The van der Waals surface area contributed by atoms with E-state index in [9.17, 15) is 0 Å². The van der Waals surface area contributed by atoms with Crippen LogP contribution in [0.15, 0.2) is 78.6 Å². The first-order valence-electron chi connectivity index (χ1n) is 12.3. The number of nitrogens with zero attached hydrogens (tertiary/aromatic N) is 5. The molecule has 1 aliphatic carbocycles. The molecule has 0 fully saturated rings. The Morgan fingerprint density at radius 1 is 1.03 bits per heavy atom. The van der Waals surface area contributed by atoms with Crippen LogP contribution in [0.1, 0.15) is 47.7 Å². The predicted octanol–water partition coefficient (Wildman–Crippen LogP) is 5.37. The summed E-state index contributed by atoms with van der Waals surface area (Å²) in [7, 11) is 0. The molecule has 0 N–H and O–H groups in total. The minimum absolute atomic E-state index is 0.586. The van der Waals surface area contributed by atoms with Crippen LogP contribution < -0.4 is 10.7 Å². The summed E-state index contributed by atoms with van der Waals surface area (Å²) in [6.45, 7) is 8.20. The first kappa shape index (κ1) is 23.4. The molecular weight excluding hydrogens is 442 g/mol. The largest absolute Gasteiger partial charge is 0.299 e. The fraction of sp³-hybridized carbons (Fsp3) is 0.161. The second-order valence-corrected chi connectivity index (χ2v) is 8.83. The van der Waals surface area contributed by atoms with Crippen LogP contribution in [0.5, 0.6) is 0 Å². The van der Waals surface area contributed by atoms with Gasteiger partial charge in [0.25, 0.3) is 0 Å². The van der Waals surface area contributed by atoms with Crippen LogP contribution in [0.3, 0.4) is 0 Å². The summed E-state index contributed by atoms with van der Waals surface area (Å²) in [5.41, 5.74) is 7.29. The maximum atomic E-state index is 4.95.